The average Bonchev–Trinajstić information content (AvgIpc) is 2.87. The highest BCUT2D eigenvalue weighted by Gasteiger charge is 2.10. The molecule has 0 bridgehead atoms. The summed E-state index contributed by atoms with van der Waals surface area (Å²) in [6.07, 6.45) is 9.02. The fourth-order valence-electron chi connectivity index (χ4n) is 3.76. The Morgan fingerprint density at radius 1 is 1.00 bits per heavy atom. The highest BCUT2D eigenvalue weighted by molar-refractivity contribution is 5.84. The van der Waals surface area contributed by atoms with Crippen LogP contribution in [0.4, 0.5) is 5.82 Å². The first kappa shape index (κ1) is 23.5. The molecule has 4 aromatic heterocycles. The first-order chi connectivity index (χ1) is 17.0. The third-order valence-electron chi connectivity index (χ3n) is 5.60. The van der Waals surface area contributed by atoms with Gasteiger partial charge in [-0.15, -0.1) is 0 Å². The number of hydrogen-bond donors (Lipinski definition) is 1. The lowest BCUT2D eigenvalue weighted by atomic mass is 10.0. The van der Waals surface area contributed by atoms with Gasteiger partial charge in [-0.2, -0.15) is 5.26 Å². The van der Waals surface area contributed by atoms with Crippen LogP contribution < -0.4 is 5.32 Å². The van der Waals surface area contributed by atoms with Crippen LogP contribution in [0.5, 0.6) is 0 Å². The Morgan fingerprint density at radius 3 is 2.46 bits per heavy atom. The number of nitriles is 1. The van der Waals surface area contributed by atoms with E-state index in [-0.39, 0.29) is 0 Å². The number of aliphatic imine (C=N–C) groups is 1. The molecule has 0 radical (unpaired) electrons. The van der Waals surface area contributed by atoms with Gasteiger partial charge in [-0.25, -0.2) is 4.98 Å². The Hall–Kier alpha value is -4.70. The van der Waals surface area contributed by atoms with Gasteiger partial charge in [-0.3, -0.25) is 19.9 Å². The largest absolute Gasteiger partial charge is 0.366 e. The zero-order chi connectivity index (χ0) is 24.8. The standard InChI is InChI=1S/C28H25N7/c1-18-11-23(6-8-31-18)26(30-4)14-22-5-10-33-28(20(22)3)35-17-21-13-25(15-29)27(34-16-21)24-7-9-32-19(2)12-24/h5-14,16H,4,17H2,1-3H3,(H,33,35)/b26-14-. The molecule has 0 saturated heterocycles. The van der Waals surface area contributed by atoms with Crippen molar-refractivity contribution in [1.82, 2.24) is 19.9 Å². The molecule has 0 unspecified atom stereocenters. The molecule has 0 atom stereocenters. The molecule has 1 N–H and O–H groups in total. The number of nitrogens with zero attached hydrogens (tertiary/aromatic N) is 6. The van der Waals surface area contributed by atoms with Crippen molar-refractivity contribution >= 4 is 24.3 Å². The van der Waals surface area contributed by atoms with Crippen LogP contribution in [0, 0.1) is 32.1 Å². The summed E-state index contributed by atoms with van der Waals surface area (Å²) in [6, 6.07) is 13.7. The van der Waals surface area contributed by atoms with Crippen LogP contribution in [0.1, 0.15) is 39.2 Å². The first-order valence-electron chi connectivity index (χ1n) is 11.1. The van der Waals surface area contributed by atoms with Crippen LogP contribution in [-0.4, -0.2) is 26.7 Å². The summed E-state index contributed by atoms with van der Waals surface area (Å²) < 4.78 is 0. The van der Waals surface area contributed by atoms with Gasteiger partial charge in [0, 0.05) is 53.8 Å². The maximum Gasteiger partial charge on any atom is 0.129 e. The van der Waals surface area contributed by atoms with Gasteiger partial charge in [0.05, 0.1) is 17.0 Å². The highest BCUT2D eigenvalue weighted by atomic mass is 15.0. The predicted molar refractivity (Wildman–Crippen MR) is 140 cm³/mol. The second-order valence-electron chi connectivity index (χ2n) is 8.14. The molecule has 0 aliphatic heterocycles. The Labute approximate surface area is 205 Å². The van der Waals surface area contributed by atoms with E-state index < -0.39 is 0 Å². The van der Waals surface area contributed by atoms with E-state index in [1.165, 1.54) is 0 Å². The van der Waals surface area contributed by atoms with Crippen LogP contribution in [0.3, 0.4) is 0 Å². The zero-order valence-corrected chi connectivity index (χ0v) is 19.9. The van der Waals surface area contributed by atoms with Crippen LogP contribution in [0.25, 0.3) is 23.0 Å². The zero-order valence-electron chi connectivity index (χ0n) is 19.9. The fraction of sp³-hybridized carbons (Fsp3) is 0.143. The summed E-state index contributed by atoms with van der Waals surface area (Å²) >= 11 is 0. The van der Waals surface area contributed by atoms with Gasteiger partial charge in [-0.1, -0.05) is 0 Å². The minimum absolute atomic E-state index is 0.481. The molecule has 0 saturated carbocycles. The highest BCUT2D eigenvalue weighted by Crippen LogP contribution is 2.25. The summed E-state index contributed by atoms with van der Waals surface area (Å²) in [7, 11) is 0. The third-order valence-corrected chi connectivity index (χ3v) is 5.60. The SMILES string of the molecule is C=N/C(=C\c1ccnc(NCc2cnc(-c3ccnc(C)c3)c(C#N)c2)c1C)c1ccnc(C)c1. The third kappa shape index (κ3) is 5.45. The van der Waals surface area contributed by atoms with Crippen LogP contribution in [0.2, 0.25) is 0 Å². The first-order valence-corrected chi connectivity index (χ1v) is 11.1. The number of nitrogens with one attached hydrogen (secondary N) is 1. The topological polar surface area (TPSA) is 99.7 Å². The van der Waals surface area contributed by atoms with E-state index in [0.29, 0.717) is 17.8 Å². The van der Waals surface area contributed by atoms with Gasteiger partial charge >= 0.3 is 0 Å². The minimum Gasteiger partial charge on any atom is -0.366 e. The van der Waals surface area contributed by atoms with Crippen LogP contribution in [0.15, 0.2) is 66.2 Å². The Balaban J connectivity index is 1.57. The lowest BCUT2D eigenvalue weighted by Gasteiger charge is -2.12. The van der Waals surface area contributed by atoms with E-state index in [9.17, 15) is 5.26 Å². The predicted octanol–water partition coefficient (Wildman–Crippen LogP) is 5.54. The molecule has 0 amide bonds. The van der Waals surface area contributed by atoms with Crippen molar-refractivity contribution in [2.24, 2.45) is 4.99 Å². The molecule has 7 heteroatoms. The molecule has 4 aromatic rings. The van der Waals surface area contributed by atoms with E-state index in [1.807, 2.05) is 63.2 Å². The minimum atomic E-state index is 0.481. The number of aryl methyl sites for hydroxylation is 2. The number of rotatable bonds is 7. The maximum absolute atomic E-state index is 9.69. The number of pyridine rings is 4. The normalized spacial score (nSPS) is 11.1. The van der Waals surface area contributed by atoms with Crippen molar-refractivity contribution in [3.8, 4) is 17.3 Å². The molecule has 0 aliphatic rings. The molecule has 7 nitrogen and oxygen atoms in total. The summed E-state index contributed by atoms with van der Waals surface area (Å²) in [5, 5.41) is 13.1. The van der Waals surface area contributed by atoms with Gasteiger partial charge < -0.3 is 5.32 Å². The molecule has 172 valence electrons. The Morgan fingerprint density at radius 2 is 1.74 bits per heavy atom. The van der Waals surface area contributed by atoms with Gasteiger partial charge in [-0.05, 0) is 86.7 Å². The Bertz CT molecular complexity index is 1460. The van der Waals surface area contributed by atoms with E-state index in [2.05, 4.69) is 43.0 Å². The lowest BCUT2D eigenvalue weighted by Crippen LogP contribution is -2.05. The molecule has 35 heavy (non-hydrogen) atoms. The number of aromatic nitrogens is 4. The smallest absolute Gasteiger partial charge is 0.129 e. The van der Waals surface area contributed by atoms with Gasteiger partial charge in [0.15, 0.2) is 0 Å². The van der Waals surface area contributed by atoms with Crippen molar-refractivity contribution in [3.63, 3.8) is 0 Å². The van der Waals surface area contributed by atoms with Crippen LogP contribution in [-0.2, 0) is 6.54 Å². The summed E-state index contributed by atoms with van der Waals surface area (Å²) in [5.41, 5.74) is 8.42. The molecule has 0 aromatic carbocycles. The molecule has 0 fully saturated rings. The molecule has 4 heterocycles. The Kier molecular flexibility index (Phi) is 7.03. The van der Waals surface area contributed by atoms with Crippen molar-refractivity contribution in [2.45, 2.75) is 27.3 Å². The molecule has 0 spiro atoms. The van der Waals surface area contributed by atoms with Crippen molar-refractivity contribution in [3.05, 3.63) is 100 Å². The van der Waals surface area contributed by atoms with E-state index in [1.54, 1.807) is 24.8 Å². The van der Waals surface area contributed by atoms with Crippen molar-refractivity contribution in [1.29, 1.82) is 5.26 Å². The number of hydrogen-bond acceptors (Lipinski definition) is 7. The lowest BCUT2D eigenvalue weighted by molar-refractivity contribution is 1.07. The van der Waals surface area contributed by atoms with Crippen molar-refractivity contribution < 1.29 is 0 Å². The summed E-state index contributed by atoms with van der Waals surface area (Å²) in [4.78, 5) is 21.7. The van der Waals surface area contributed by atoms with Crippen molar-refractivity contribution in [2.75, 3.05) is 5.32 Å². The summed E-state index contributed by atoms with van der Waals surface area (Å²) in [5.74, 6) is 0.750. The van der Waals surface area contributed by atoms with Crippen LogP contribution >= 0.6 is 0 Å². The van der Waals surface area contributed by atoms with E-state index >= 15 is 0 Å². The second-order valence-corrected chi connectivity index (χ2v) is 8.14. The quantitative estimate of drug-likeness (QED) is 0.364. The summed E-state index contributed by atoms with van der Waals surface area (Å²) in [6.45, 7) is 10.1. The molecular weight excluding hydrogens is 434 g/mol. The second kappa shape index (κ2) is 10.5. The fourth-order valence-corrected chi connectivity index (χ4v) is 3.76. The number of anilines is 1. The van der Waals surface area contributed by atoms with E-state index in [4.69, 9.17) is 0 Å². The average molecular weight is 460 g/mol. The van der Waals surface area contributed by atoms with Gasteiger partial charge in [0.2, 0.25) is 0 Å². The molecule has 0 aliphatic carbocycles. The van der Waals surface area contributed by atoms with Gasteiger partial charge in [0.25, 0.3) is 0 Å². The monoisotopic (exact) mass is 459 g/mol. The maximum atomic E-state index is 9.69. The van der Waals surface area contributed by atoms with Gasteiger partial charge in [0.1, 0.15) is 11.9 Å². The molecular formula is C28H25N7. The van der Waals surface area contributed by atoms with E-state index in [0.717, 1.165) is 50.7 Å². The molecule has 4 rings (SSSR count).